The Kier molecular flexibility index (Phi) is 5.96. The molecule has 112 valence electrons. The first kappa shape index (κ1) is 15.9. The van der Waals surface area contributed by atoms with E-state index in [1.807, 2.05) is 6.07 Å². The number of hydrogen-bond donors (Lipinski definition) is 1. The van der Waals surface area contributed by atoms with Gasteiger partial charge in [-0.15, -0.1) is 0 Å². The predicted molar refractivity (Wildman–Crippen MR) is 82.4 cm³/mol. The van der Waals surface area contributed by atoms with Crippen molar-refractivity contribution in [2.24, 2.45) is 0 Å². The van der Waals surface area contributed by atoms with Gasteiger partial charge in [-0.2, -0.15) is 0 Å². The predicted octanol–water partition coefficient (Wildman–Crippen LogP) is 2.96. The van der Waals surface area contributed by atoms with E-state index >= 15 is 0 Å². The van der Waals surface area contributed by atoms with Crippen molar-refractivity contribution < 1.29 is 9.13 Å². The van der Waals surface area contributed by atoms with Crippen LogP contribution in [0.3, 0.4) is 0 Å². The van der Waals surface area contributed by atoms with Crippen molar-refractivity contribution >= 4 is 15.9 Å². The second kappa shape index (κ2) is 7.50. The third-order valence-electron chi connectivity index (χ3n) is 3.60. The van der Waals surface area contributed by atoms with Gasteiger partial charge in [0.25, 0.3) is 0 Å². The maximum atomic E-state index is 13.1. The van der Waals surface area contributed by atoms with Crippen LogP contribution in [0.2, 0.25) is 0 Å². The second-order valence-electron chi connectivity index (χ2n) is 5.37. The number of nitrogens with zero attached hydrogens (tertiary/aromatic N) is 1. The maximum absolute atomic E-state index is 13.1. The first-order valence-corrected chi connectivity index (χ1v) is 7.86. The Hall–Kier alpha value is -0.490. The fourth-order valence-electron chi connectivity index (χ4n) is 2.59. The van der Waals surface area contributed by atoms with E-state index in [9.17, 15) is 4.39 Å². The topological polar surface area (TPSA) is 24.5 Å². The Labute approximate surface area is 128 Å². The van der Waals surface area contributed by atoms with E-state index in [0.717, 1.165) is 42.9 Å². The van der Waals surface area contributed by atoms with Crippen LogP contribution in [0.15, 0.2) is 22.7 Å². The number of morpholine rings is 1. The highest BCUT2D eigenvalue weighted by atomic mass is 79.9. The monoisotopic (exact) mass is 344 g/mol. The molecular formula is C15H22BrFN2O. The minimum absolute atomic E-state index is 0.181. The molecule has 0 spiro atoms. The van der Waals surface area contributed by atoms with Gasteiger partial charge in [-0.1, -0.05) is 22.0 Å². The number of benzene rings is 1. The van der Waals surface area contributed by atoms with Crippen LogP contribution in [0.4, 0.5) is 4.39 Å². The van der Waals surface area contributed by atoms with E-state index in [0.29, 0.717) is 6.04 Å². The van der Waals surface area contributed by atoms with Crippen LogP contribution < -0.4 is 5.32 Å². The second-order valence-corrected chi connectivity index (χ2v) is 6.22. The molecule has 0 aliphatic carbocycles. The highest BCUT2D eigenvalue weighted by Crippen LogP contribution is 2.24. The Morgan fingerprint density at radius 3 is 2.70 bits per heavy atom. The minimum Gasteiger partial charge on any atom is -0.379 e. The zero-order valence-corrected chi connectivity index (χ0v) is 13.6. The third-order valence-corrected chi connectivity index (χ3v) is 4.29. The fourth-order valence-corrected chi connectivity index (χ4v) is 3.29. The van der Waals surface area contributed by atoms with Gasteiger partial charge in [0.15, 0.2) is 0 Å². The molecule has 1 aromatic carbocycles. The molecule has 0 aromatic heterocycles. The molecule has 1 aliphatic rings. The van der Waals surface area contributed by atoms with E-state index in [2.05, 4.69) is 40.0 Å². The van der Waals surface area contributed by atoms with Gasteiger partial charge in [0.2, 0.25) is 0 Å². The van der Waals surface area contributed by atoms with Crippen LogP contribution >= 0.6 is 15.9 Å². The molecule has 20 heavy (non-hydrogen) atoms. The Morgan fingerprint density at radius 1 is 1.35 bits per heavy atom. The molecule has 1 heterocycles. The van der Waals surface area contributed by atoms with Crippen molar-refractivity contribution in [1.29, 1.82) is 0 Å². The lowest BCUT2D eigenvalue weighted by Gasteiger charge is -2.31. The average molecular weight is 345 g/mol. The first-order valence-electron chi connectivity index (χ1n) is 7.07. The number of ether oxygens (including phenoxy) is 1. The van der Waals surface area contributed by atoms with Gasteiger partial charge in [-0.25, -0.2) is 4.39 Å². The third kappa shape index (κ3) is 4.52. The summed E-state index contributed by atoms with van der Waals surface area (Å²) in [5.74, 6) is -0.214. The van der Waals surface area contributed by atoms with E-state index < -0.39 is 0 Å². The minimum atomic E-state index is -0.214. The molecular weight excluding hydrogens is 323 g/mol. The van der Waals surface area contributed by atoms with E-state index in [4.69, 9.17) is 4.74 Å². The Balaban J connectivity index is 1.87. The quantitative estimate of drug-likeness (QED) is 0.888. The largest absolute Gasteiger partial charge is 0.379 e. The van der Waals surface area contributed by atoms with Crippen molar-refractivity contribution in [1.82, 2.24) is 10.2 Å². The summed E-state index contributed by atoms with van der Waals surface area (Å²) in [4.78, 5) is 2.41. The van der Waals surface area contributed by atoms with Gasteiger partial charge in [0.05, 0.1) is 13.2 Å². The lowest BCUT2D eigenvalue weighted by molar-refractivity contribution is 0.0339. The van der Waals surface area contributed by atoms with Gasteiger partial charge in [0.1, 0.15) is 5.82 Å². The van der Waals surface area contributed by atoms with Crippen molar-refractivity contribution in [3.8, 4) is 0 Å². The Bertz CT molecular complexity index is 438. The van der Waals surface area contributed by atoms with Crippen LogP contribution in [0.25, 0.3) is 0 Å². The molecule has 2 atom stereocenters. The average Bonchev–Trinajstić information content (AvgIpc) is 2.39. The SMILES string of the molecule is CC(CN1CCOCC1)NC(C)c1ccc(F)cc1Br. The summed E-state index contributed by atoms with van der Waals surface area (Å²) in [5, 5.41) is 3.57. The summed E-state index contributed by atoms with van der Waals surface area (Å²) in [6, 6.07) is 5.41. The molecule has 1 fully saturated rings. The molecule has 2 rings (SSSR count). The molecule has 1 N–H and O–H groups in total. The first-order chi connectivity index (χ1) is 9.56. The maximum Gasteiger partial charge on any atom is 0.124 e. The summed E-state index contributed by atoms with van der Waals surface area (Å²) in [6.07, 6.45) is 0. The number of nitrogens with one attached hydrogen (secondary N) is 1. The van der Waals surface area contributed by atoms with E-state index in [1.54, 1.807) is 0 Å². The van der Waals surface area contributed by atoms with Gasteiger partial charge >= 0.3 is 0 Å². The van der Waals surface area contributed by atoms with Crippen LogP contribution in [0.5, 0.6) is 0 Å². The van der Waals surface area contributed by atoms with E-state index in [-0.39, 0.29) is 11.9 Å². The smallest absolute Gasteiger partial charge is 0.124 e. The molecule has 0 radical (unpaired) electrons. The van der Waals surface area contributed by atoms with Crippen molar-refractivity contribution in [3.05, 3.63) is 34.1 Å². The zero-order chi connectivity index (χ0) is 14.5. The molecule has 1 saturated heterocycles. The number of hydrogen-bond acceptors (Lipinski definition) is 3. The summed E-state index contributed by atoms with van der Waals surface area (Å²) in [5.41, 5.74) is 1.08. The molecule has 3 nitrogen and oxygen atoms in total. The van der Waals surface area contributed by atoms with Crippen LogP contribution in [-0.2, 0) is 4.74 Å². The molecule has 5 heteroatoms. The zero-order valence-electron chi connectivity index (χ0n) is 12.0. The summed E-state index contributed by atoms with van der Waals surface area (Å²) >= 11 is 3.43. The lowest BCUT2D eigenvalue weighted by atomic mass is 10.1. The van der Waals surface area contributed by atoms with Gasteiger partial charge < -0.3 is 10.1 Å². The fraction of sp³-hybridized carbons (Fsp3) is 0.600. The molecule has 1 aromatic rings. The van der Waals surface area contributed by atoms with Crippen LogP contribution in [0, 0.1) is 5.82 Å². The van der Waals surface area contributed by atoms with Gasteiger partial charge in [0, 0.05) is 36.2 Å². The molecule has 2 unspecified atom stereocenters. The lowest BCUT2D eigenvalue weighted by Crippen LogP contribution is -2.45. The highest BCUT2D eigenvalue weighted by molar-refractivity contribution is 9.10. The van der Waals surface area contributed by atoms with Crippen molar-refractivity contribution in [3.63, 3.8) is 0 Å². The van der Waals surface area contributed by atoms with Crippen molar-refractivity contribution in [2.75, 3.05) is 32.8 Å². The summed E-state index contributed by atoms with van der Waals surface area (Å²) in [6.45, 7) is 8.95. The Morgan fingerprint density at radius 2 is 2.05 bits per heavy atom. The van der Waals surface area contributed by atoms with Gasteiger partial charge in [-0.3, -0.25) is 4.90 Å². The summed E-state index contributed by atoms with van der Waals surface area (Å²) in [7, 11) is 0. The van der Waals surface area contributed by atoms with Crippen molar-refractivity contribution in [2.45, 2.75) is 25.9 Å². The number of halogens is 2. The standard InChI is InChI=1S/C15H22BrFN2O/c1-11(10-19-5-7-20-8-6-19)18-12(2)14-4-3-13(17)9-15(14)16/h3-4,9,11-12,18H,5-8,10H2,1-2H3. The highest BCUT2D eigenvalue weighted by Gasteiger charge is 2.17. The molecule has 0 amide bonds. The summed E-state index contributed by atoms with van der Waals surface area (Å²) < 4.78 is 19.3. The number of rotatable bonds is 5. The van der Waals surface area contributed by atoms with E-state index in [1.165, 1.54) is 12.1 Å². The normalized spacial score (nSPS) is 19.8. The molecule has 0 saturated carbocycles. The molecule has 0 bridgehead atoms. The van der Waals surface area contributed by atoms with Crippen LogP contribution in [-0.4, -0.2) is 43.8 Å². The van der Waals surface area contributed by atoms with Crippen LogP contribution in [0.1, 0.15) is 25.5 Å². The van der Waals surface area contributed by atoms with Gasteiger partial charge in [-0.05, 0) is 31.5 Å². The molecule has 1 aliphatic heterocycles.